The molecule has 0 aliphatic rings. The topological polar surface area (TPSA) is 58.3 Å². The molecule has 0 radical (unpaired) electrons. The van der Waals surface area contributed by atoms with E-state index in [1.807, 2.05) is 0 Å². The molecule has 0 saturated heterocycles. The van der Waals surface area contributed by atoms with Crippen molar-refractivity contribution in [3.05, 3.63) is 53.4 Å². The number of aryl methyl sites for hydroxylation is 1. The number of hydrogen-bond acceptors (Lipinski definition) is 4. The molecular weight excluding hydrogens is 278 g/mol. The number of hydrogen-bond donors (Lipinski definition) is 2. The van der Waals surface area contributed by atoms with Gasteiger partial charge >= 0.3 is 0 Å². The third-order valence-electron chi connectivity index (χ3n) is 3.07. The molecule has 0 aliphatic carbocycles. The number of benzene rings is 2. The van der Waals surface area contributed by atoms with Crippen LogP contribution in [-0.2, 0) is 6.54 Å². The predicted molar refractivity (Wildman–Crippen MR) is 74.1 cm³/mol. The molecule has 6 heteroatoms. The van der Waals surface area contributed by atoms with Crippen LogP contribution in [0.25, 0.3) is 11.1 Å². The van der Waals surface area contributed by atoms with Gasteiger partial charge in [-0.05, 0) is 35.9 Å². The molecule has 2 N–H and O–H groups in total. The lowest BCUT2D eigenvalue weighted by atomic mass is 10.2. The molecule has 0 fully saturated rings. The molecule has 0 atom stereocenters. The summed E-state index contributed by atoms with van der Waals surface area (Å²) in [5, 5.41) is 12.1. The summed E-state index contributed by atoms with van der Waals surface area (Å²) in [5.74, 6) is -2.34. The lowest BCUT2D eigenvalue weighted by Gasteiger charge is -2.07. The van der Waals surface area contributed by atoms with E-state index in [4.69, 9.17) is 9.52 Å². The number of phenolic OH excluding ortho intramolecular Hbond substituents is 1. The molecular formula is C15H12F2N2O2. The summed E-state index contributed by atoms with van der Waals surface area (Å²) >= 11 is 0. The molecule has 1 heterocycles. The summed E-state index contributed by atoms with van der Waals surface area (Å²) in [6.45, 7) is 1.98. The minimum Gasteiger partial charge on any atom is -0.503 e. The van der Waals surface area contributed by atoms with Gasteiger partial charge in [0.25, 0.3) is 0 Å². The van der Waals surface area contributed by atoms with Gasteiger partial charge in [0.15, 0.2) is 28.9 Å². The summed E-state index contributed by atoms with van der Waals surface area (Å²) in [7, 11) is 0. The maximum absolute atomic E-state index is 13.2. The molecule has 3 aromatic rings. The van der Waals surface area contributed by atoms with Crippen LogP contribution < -0.4 is 5.32 Å². The number of oxazole rings is 1. The SMILES string of the molecule is Cc1nc2cc(NCc3cc(F)c(O)c(F)c3)ccc2o1. The summed E-state index contributed by atoms with van der Waals surface area (Å²) in [4.78, 5) is 4.21. The van der Waals surface area contributed by atoms with Gasteiger partial charge in [-0.25, -0.2) is 13.8 Å². The van der Waals surface area contributed by atoms with Gasteiger partial charge in [-0.2, -0.15) is 0 Å². The standard InChI is InChI=1S/C15H12F2N2O2/c1-8-19-13-6-10(2-3-14(13)21-8)18-7-9-4-11(16)15(20)12(17)5-9/h2-6,18,20H,7H2,1H3. The fourth-order valence-corrected chi connectivity index (χ4v) is 2.08. The molecule has 21 heavy (non-hydrogen) atoms. The second kappa shape index (κ2) is 5.05. The molecule has 1 aromatic heterocycles. The highest BCUT2D eigenvalue weighted by atomic mass is 19.1. The largest absolute Gasteiger partial charge is 0.503 e. The highest BCUT2D eigenvalue weighted by Gasteiger charge is 2.09. The number of aromatic nitrogens is 1. The van der Waals surface area contributed by atoms with Crippen molar-refractivity contribution in [2.24, 2.45) is 0 Å². The highest BCUT2D eigenvalue weighted by Crippen LogP contribution is 2.23. The minimum atomic E-state index is -0.977. The number of nitrogens with one attached hydrogen (secondary N) is 1. The molecule has 4 nitrogen and oxygen atoms in total. The van der Waals surface area contributed by atoms with Gasteiger partial charge in [-0.15, -0.1) is 0 Å². The van der Waals surface area contributed by atoms with Crippen LogP contribution in [0.5, 0.6) is 5.75 Å². The number of phenols is 1. The molecule has 3 rings (SSSR count). The van der Waals surface area contributed by atoms with Crippen molar-refractivity contribution in [1.29, 1.82) is 0 Å². The molecule has 0 unspecified atom stereocenters. The number of fused-ring (bicyclic) bond motifs is 1. The highest BCUT2D eigenvalue weighted by molar-refractivity contribution is 5.77. The molecule has 0 amide bonds. The van der Waals surface area contributed by atoms with Gasteiger partial charge < -0.3 is 14.8 Å². The normalized spacial score (nSPS) is 11.0. The number of nitrogens with zero attached hydrogens (tertiary/aromatic N) is 1. The average molecular weight is 290 g/mol. The van der Waals surface area contributed by atoms with Gasteiger partial charge in [0, 0.05) is 19.2 Å². The fourth-order valence-electron chi connectivity index (χ4n) is 2.08. The Morgan fingerprint density at radius 1 is 1.19 bits per heavy atom. The Kier molecular flexibility index (Phi) is 3.21. The Bertz CT molecular complexity index is 792. The maximum atomic E-state index is 13.2. The number of halogens is 2. The summed E-state index contributed by atoms with van der Waals surface area (Å²) < 4.78 is 31.8. The van der Waals surface area contributed by atoms with E-state index in [0.29, 0.717) is 22.6 Å². The Morgan fingerprint density at radius 2 is 1.90 bits per heavy atom. The Balaban J connectivity index is 1.79. The van der Waals surface area contributed by atoms with Crippen LogP contribution in [0.3, 0.4) is 0 Å². The van der Waals surface area contributed by atoms with E-state index in [1.54, 1.807) is 25.1 Å². The van der Waals surface area contributed by atoms with Crippen LogP contribution in [0.15, 0.2) is 34.7 Å². The van der Waals surface area contributed by atoms with Gasteiger partial charge in [0.2, 0.25) is 0 Å². The van der Waals surface area contributed by atoms with Crippen molar-refractivity contribution in [1.82, 2.24) is 4.98 Å². The smallest absolute Gasteiger partial charge is 0.192 e. The summed E-state index contributed by atoms with van der Waals surface area (Å²) in [5.41, 5.74) is 2.53. The third-order valence-corrected chi connectivity index (χ3v) is 3.07. The maximum Gasteiger partial charge on any atom is 0.192 e. The zero-order chi connectivity index (χ0) is 15.0. The molecule has 0 spiro atoms. The van der Waals surface area contributed by atoms with Gasteiger partial charge in [-0.1, -0.05) is 0 Å². The zero-order valence-corrected chi connectivity index (χ0v) is 11.2. The summed E-state index contributed by atoms with van der Waals surface area (Å²) in [6, 6.07) is 7.53. The van der Waals surface area contributed by atoms with E-state index in [2.05, 4.69) is 10.3 Å². The zero-order valence-electron chi connectivity index (χ0n) is 11.2. The predicted octanol–water partition coefficient (Wildman–Crippen LogP) is 3.73. The Labute approximate surface area is 119 Å². The Morgan fingerprint density at radius 3 is 2.62 bits per heavy atom. The van der Waals surface area contributed by atoms with E-state index in [9.17, 15) is 8.78 Å². The van der Waals surface area contributed by atoms with Gasteiger partial charge in [-0.3, -0.25) is 0 Å². The van der Waals surface area contributed by atoms with E-state index in [0.717, 1.165) is 17.8 Å². The van der Waals surface area contributed by atoms with E-state index < -0.39 is 17.4 Å². The van der Waals surface area contributed by atoms with Crippen molar-refractivity contribution in [3.63, 3.8) is 0 Å². The minimum absolute atomic E-state index is 0.219. The first-order valence-corrected chi connectivity index (χ1v) is 6.31. The second-order valence-electron chi connectivity index (χ2n) is 4.68. The second-order valence-corrected chi connectivity index (χ2v) is 4.68. The number of anilines is 1. The van der Waals surface area contributed by atoms with Crippen molar-refractivity contribution < 1.29 is 18.3 Å². The van der Waals surface area contributed by atoms with Gasteiger partial charge in [0.1, 0.15) is 5.52 Å². The van der Waals surface area contributed by atoms with Crippen molar-refractivity contribution in [2.45, 2.75) is 13.5 Å². The molecule has 0 bridgehead atoms. The van der Waals surface area contributed by atoms with E-state index >= 15 is 0 Å². The van der Waals surface area contributed by atoms with E-state index in [1.165, 1.54) is 0 Å². The molecule has 0 aliphatic heterocycles. The van der Waals surface area contributed by atoms with Crippen molar-refractivity contribution >= 4 is 16.8 Å². The molecule has 108 valence electrons. The third kappa shape index (κ3) is 2.65. The van der Waals surface area contributed by atoms with Crippen LogP contribution in [-0.4, -0.2) is 10.1 Å². The van der Waals surface area contributed by atoms with Crippen LogP contribution in [0.4, 0.5) is 14.5 Å². The van der Waals surface area contributed by atoms with Crippen molar-refractivity contribution in [3.8, 4) is 5.75 Å². The number of aromatic hydroxyl groups is 1. The van der Waals surface area contributed by atoms with Crippen LogP contribution in [0.1, 0.15) is 11.5 Å². The van der Waals surface area contributed by atoms with E-state index in [-0.39, 0.29) is 6.54 Å². The average Bonchev–Trinajstić information content (AvgIpc) is 2.81. The number of rotatable bonds is 3. The first kappa shape index (κ1) is 13.4. The van der Waals surface area contributed by atoms with Gasteiger partial charge in [0.05, 0.1) is 0 Å². The summed E-state index contributed by atoms with van der Waals surface area (Å²) in [6.07, 6.45) is 0. The quantitative estimate of drug-likeness (QED) is 0.771. The first-order valence-electron chi connectivity index (χ1n) is 6.31. The Hall–Kier alpha value is -2.63. The molecule has 2 aromatic carbocycles. The lowest BCUT2D eigenvalue weighted by Crippen LogP contribution is -2.00. The van der Waals surface area contributed by atoms with Crippen molar-refractivity contribution in [2.75, 3.05) is 5.32 Å². The monoisotopic (exact) mass is 290 g/mol. The van der Waals surface area contributed by atoms with Crippen LogP contribution in [0.2, 0.25) is 0 Å². The van der Waals surface area contributed by atoms with Crippen LogP contribution in [0, 0.1) is 18.6 Å². The fraction of sp³-hybridized carbons (Fsp3) is 0.133. The lowest BCUT2D eigenvalue weighted by molar-refractivity contribution is 0.395. The van der Waals surface area contributed by atoms with Crippen LogP contribution >= 0.6 is 0 Å². The first-order chi connectivity index (χ1) is 10.0. The molecule has 0 saturated carbocycles.